The summed E-state index contributed by atoms with van der Waals surface area (Å²) < 4.78 is 66.8. The molecule has 12 heteroatoms. The molecular formula is C21H17ClF3N3O4S. The fourth-order valence-electron chi connectivity index (χ4n) is 3.43. The number of halogens is 4. The zero-order valence-corrected chi connectivity index (χ0v) is 18.5. The van der Waals surface area contributed by atoms with Crippen LogP contribution in [0.1, 0.15) is 10.5 Å². The fraction of sp³-hybridized carbons (Fsp3) is 0.238. The molecule has 33 heavy (non-hydrogen) atoms. The molecule has 1 amide bonds. The van der Waals surface area contributed by atoms with E-state index < -0.39 is 27.9 Å². The van der Waals surface area contributed by atoms with E-state index in [4.69, 9.17) is 11.6 Å². The monoisotopic (exact) mass is 499 g/mol. The molecule has 4 rings (SSSR count). The Morgan fingerprint density at radius 1 is 1.03 bits per heavy atom. The van der Waals surface area contributed by atoms with Gasteiger partial charge in [0.1, 0.15) is 5.75 Å². The maximum Gasteiger partial charge on any atom is 0.573 e. The highest BCUT2D eigenvalue weighted by molar-refractivity contribution is 7.91. The van der Waals surface area contributed by atoms with Gasteiger partial charge in [0.05, 0.1) is 22.9 Å². The van der Waals surface area contributed by atoms with E-state index in [1.165, 1.54) is 27.8 Å². The van der Waals surface area contributed by atoms with Crippen LogP contribution in [0.25, 0.3) is 16.9 Å². The summed E-state index contributed by atoms with van der Waals surface area (Å²) in [6, 6.07) is 13.3. The number of rotatable bonds is 4. The topological polar surface area (TPSA) is 81.5 Å². The van der Waals surface area contributed by atoms with Crippen LogP contribution in [-0.4, -0.2) is 60.0 Å². The highest BCUT2D eigenvalue weighted by atomic mass is 35.5. The standard InChI is InChI=1S/C21H17ClF3N3O4S/c22-15-4-2-5-16(12-15)28-19(14-3-1-6-17(11-14)32-21(23,24)25)13-18(26-28)20(29)27-7-9-33(30,31)10-8-27/h1-6,11-13H,7-10H2. The van der Waals surface area contributed by atoms with E-state index in [1.807, 2.05) is 0 Å². The van der Waals surface area contributed by atoms with Gasteiger partial charge in [-0.05, 0) is 36.4 Å². The van der Waals surface area contributed by atoms with Crippen LogP contribution in [0.4, 0.5) is 13.2 Å². The quantitative estimate of drug-likeness (QED) is 0.543. The molecule has 1 saturated heterocycles. The lowest BCUT2D eigenvalue weighted by Gasteiger charge is -2.25. The van der Waals surface area contributed by atoms with Crippen molar-refractivity contribution < 1.29 is 31.1 Å². The summed E-state index contributed by atoms with van der Waals surface area (Å²) in [5.74, 6) is -1.18. The van der Waals surface area contributed by atoms with Crippen molar-refractivity contribution in [3.05, 3.63) is 65.3 Å². The van der Waals surface area contributed by atoms with Crippen molar-refractivity contribution in [2.45, 2.75) is 6.36 Å². The van der Waals surface area contributed by atoms with Gasteiger partial charge in [-0.1, -0.05) is 29.8 Å². The minimum Gasteiger partial charge on any atom is -0.406 e. The van der Waals surface area contributed by atoms with Crippen LogP contribution in [0.2, 0.25) is 5.02 Å². The van der Waals surface area contributed by atoms with Gasteiger partial charge in [-0.25, -0.2) is 13.1 Å². The van der Waals surface area contributed by atoms with E-state index in [1.54, 1.807) is 30.3 Å². The van der Waals surface area contributed by atoms with Crippen LogP contribution in [0, 0.1) is 0 Å². The van der Waals surface area contributed by atoms with Gasteiger partial charge < -0.3 is 9.64 Å². The molecule has 0 N–H and O–H groups in total. The number of hydrogen-bond acceptors (Lipinski definition) is 5. The Kier molecular flexibility index (Phi) is 6.10. The molecule has 1 aromatic heterocycles. The second-order valence-corrected chi connectivity index (χ2v) is 10.1. The highest BCUT2D eigenvalue weighted by Crippen LogP contribution is 2.31. The molecule has 2 heterocycles. The summed E-state index contributed by atoms with van der Waals surface area (Å²) in [7, 11) is -3.18. The molecule has 0 saturated carbocycles. The molecule has 3 aromatic rings. The second-order valence-electron chi connectivity index (χ2n) is 7.33. The molecule has 174 valence electrons. The van der Waals surface area contributed by atoms with Crippen molar-refractivity contribution >= 4 is 27.3 Å². The van der Waals surface area contributed by atoms with Crippen molar-refractivity contribution in [1.82, 2.24) is 14.7 Å². The second kappa shape index (κ2) is 8.71. The van der Waals surface area contributed by atoms with Gasteiger partial charge in [0, 0.05) is 23.7 Å². The maximum atomic E-state index is 13.0. The van der Waals surface area contributed by atoms with E-state index in [-0.39, 0.29) is 30.3 Å². The number of benzene rings is 2. The molecule has 0 radical (unpaired) electrons. The van der Waals surface area contributed by atoms with Gasteiger partial charge in [-0.15, -0.1) is 13.2 Å². The van der Waals surface area contributed by atoms with Gasteiger partial charge >= 0.3 is 6.36 Å². The van der Waals surface area contributed by atoms with Gasteiger partial charge in [-0.2, -0.15) is 5.10 Å². The van der Waals surface area contributed by atoms with Crippen LogP contribution in [0.3, 0.4) is 0 Å². The van der Waals surface area contributed by atoms with Crippen molar-refractivity contribution in [3.63, 3.8) is 0 Å². The summed E-state index contributed by atoms with van der Waals surface area (Å²) >= 11 is 6.09. The Hall–Kier alpha value is -3.05. The number of carbonyl (C=O) groups is 1. The molecule has 1 aliphatic heterocycles. The summed E-state index contributed by atoms with van der Waals surface area (Å²) in [4.78, 5) is 14.4. The first-order valence-corrected chi connectivity index (χ1v) is 11.9. The summed E-state index contributed by atoms with van der Waals surface area (Å²) in [5, 5.41) is 4.77. The lowest BCUT2D eigenvalue weighted by atomic mass is 10.1. The lowest BCUT2D eigenvalue weighted by Crippen LogP contribution is -2.43. The normalized spacial score (nSPS) is 15.9. The van der Waals surface area contributed by atoms with Gasteiger partial charge in [-0.3, -0.25) is 4.79 Å². The van der Waals surface area contributed by atoms with E-state index in [0.29, 0.717) is 22.0 Å². The number of amides is 1. The van der Waals surface area contributed by atoms with Gasteiger partial charge in [0.15, 0.2) is 15.5 Å². The van der Waals surface area contributed by atoms with Crippen molar-refractivity contribution in [2.75, 3.05) is 24.6 Å². The van der Waals surface area contributed by atoms with Crippen LogP contribution in [-0.2, 0) is 9.84 Å². The minimum absolute atomic E-state index is 0.0198. The summed E-state index contributed by atoms with van der Waals surface area (Å²) in [6.07, 6.45) is -4.86. The molecule has 1 fully saturated rings. The smallest absolute Gasteiger partial charge is 0.406 e. The van der Waals surface area contributed by atoms with Crippen molar-refractivity contribution in [3.8, 4) is 22.7 Å². The largest absolute Gasteiger partial charge is 0.573 e. The van der Waals surface area contributed by atoms with Crippen molar-refractivity contribution in [2.24, 2.45) is 0 Å². The Morgan fingerprint density at radius 2 is 1.73 bits per heavy atom. The maximum absolute atomic E-state index is 13.0. The molecule has 7 nitrogen and oxygen atoms in total. The summed E-state index contributed by atoms with van der Waals surface area (Å²) in [6.45, 7) is 0.0743. The third-order valence-electron chi connectivity index (χ3n) is 4.98. The number of sulfone groups is 1. The average Bonchev–Trinajstić information content (AvgIpc) is 3.18. The number of nitrogens with zero attached hydrogens (tertiary/aromatic N) is 3. The third kappa shape index (κ3) is 5.48. The molecular weight excluding hydrogens is 483 g/mol. The lowest BCUT2D eigenvalue weighted by molar-refractivity contribution is -0.274. The Bertz CT molecular complexity index is 1290. The highest BCUT2D eigenvalue weighted by Gasteiger charge is 2.31. The van der Waals surface area contributed by atoms with Crippen LogP contribution in [0.5, 0.6) is 5.75 Å². The first kappa shape index (κ1) is 23.1. The molecule has 0 unspecified atom stereocenters. The Balaban J connectivity index is 1.75. The zero-order chi connectivity index (χ0) is 23.8. The van der Waals surface area contributed by atoms with Crippen molar-refractivity contribution in [1.29, 1.82) is 0 Å². The predicted molar refractivity (Wildman–Crippen MR) is 115 cm³/mol. The zero-order valence-electron chi connectivity index (χ0n) is 16.9. The van der Waals surface area contributed by atoms with E-state index in [2.05, 4.69) is 9.84 Å². The van der Waals surface area contributed by atoms with Crippen LogP contribution in [0.15, 0.2) is 54.6 Å². The number of carbonyl (C=O) groups excluding carboxylic acids is 1. The fourth-order valence-corrected chi connectivity index (χ4v) is 4.81. The Labute approximate surface area is 192 Å². The number of aromatic nitrogens is 2. The molecule has 2 aromatic carbocycles. The predicted octanol–water partition coefficient (Wildman–Crippen LogP) is 3.96. The van der Waals surface area contributed by atoms with Gasteiger partial charge in [0.2, 0.25) is 0 Å². The van der Waals surface area contributed by atoms with E-state index in [0.717, 1.165) is 6.07 Å². The Morgan fingerprint density at radius 3 is 2.39 bits per heavy atom. The molecule has 0 bridgehead atoms. The van der Waals surface area contributed by atoms with E-state index in [9.17, 15) is 26.4 Å². The minimum atomic E-state index is -4.86. The van der Waals surface area contributed by atoms with Crippen LogP contribution < -0.4 is 4.74 Å². The number of alkyl halides is 3. The number of hydrogen-bond donors (Lipinski definition) is 0. The molecule has 1 aliphatic rings. The molecule has 0 spiro atoms. The molecule has 0 aliphatic carbocycles. The SMILES string of the molecule is O=C(c1cc(-c2cccc(OC(F)(F)F)c2)n(-c2cccc(Cl)c2)n1)N1CCS(=O)(=O)CC1. The summed E-state index contributed by atoms with van der Waals surface area (Å²) in [5.41, 5.74) is 1.16. The van der Waals surface area contributed by atoms with Crippen LogP contribution >= 0.6 is 11.6 Å². The average molecular weight is 500 g/mol. The van der Waals surface area contributed by atoms with E-state index >= 15 is 0 Å². The molecule has 0 atom stereocenters. The first-order chi connectivity index (χ1) is 15.5. The first-order valence-electron chi connectivity index (χ1n) is 9.73. The van der Waals surface area contributed by atoms with Gasteiger partial charge in [0.25, 0.3) is 5.91 Å². The number of ether oxygens (including phenoxy) is 1. The third-order valence-corrected chi connectivity index (χ3v) is 6.82.